The Bertz CT molecular complexity index is 1780. The van der Waals surface area contributed by atoms with Gasteiger partial charge in [0.25, 0.3) is 11.8 Å². The molecule has 8 nitrogen and oxygen atoms in total. The Morgan fingerprint density at radius 3 is 2.26 bits per heavy atom. The average Bonchev–Trinajstić information content (AvgIpc) is 3.44. The normalized spacial score (nSPS) is 12.7. The first-order valence-corrected chi connectivity index (χ1v) is 11.7. The fraction of sp³-hybridized carbons (Fsp3) is 0.0667. The number of hydrogen-bond acceptors (Lipinski definition) is 7. The second-order valence-electron chi connectivity index (χ2n) is 8.71. The molecule has 186 valence electrons. The van der Waals surface area contributed by atoms with E-state index in [9.17, 15) is 19.2 Å². The van der Waals surface area contributed by atoms with E-state index in [0.717, 1.165) is 15.7 Å². The number of Topliss-reactive ketones (excluding diaryl/α,β-unsaturated/α-hetero) is 1. The van der Waals surface area contributed by atoms with Crippen molar-refractivity contribution in [3.63, 3.8) is 0 Å². The summed E-state index contributed by atoms with van der Waals surface area (Å²) in [5.41, 5.74) is 2.28. The number of para-hydroxylation sites is 1. The molecular weight excluding hydrogens is 486 g/mol. The van der Waals surface area contributed by atoms with Crippen LogP contribution >= 0.6 is 0 Å². The van der Waals surface area contributed by atoms with E-state index >= 15 is 0 Å². The van der Waals surface area contributed by atoms with Crippen LogP contribution in [0.1, 0.15) is 41.4 Å². The van der Waals surface area contributed by atoms with Gasteiger partial charge >= 0.3 is 5.97 Å². The largest absolute Gasteiger partial charge is 0.497 e. The molecule has 4 aromatic carbocycles. The topological polar surface area (TPSA) is 103 Å². The summed E-state index contributed by atoms with van der Waals surface area (Å²) in [6.45, 7) is -0.473. The molecule has 0 unspecified atom stereocenters. The van der Waals surface area contributed by atoms with Crippen LogP contribution in [0, 0.1) is 0 Å². The lowest BCUT2D eigenvalue weighted by molar-refractivity contribution is 0.0474. The van der Waals surface area contributed by atoms with Crippen molar-refractivity contribution in [2.45, 2.75) is 0 Å². The van der Waals surface area contributed by atoms with Crippen LogP contribution in [0.4, 0.5) is 5.69 Å². The van der Waals surface area contributed by atoms with Gasteiger partial charge in [-0.3, -0.25) is 14.4 Å². The van der Waals surface area contributed by atoms with Crippen molar-refractivity contribution in [2.24, 2.45) is 0 Å². The zero-order valence-electron chi connectivity index (χ0n) is 20.1. The molecule has 1 aliphatic rings. The number of carbonyl (C=O) groups excluding carboxylic acids is 4. The first-order chi connectivity index (χ1) is 18.4. The number of benzene rings is 4. The minimum Gasteiger partial charge on any atom is -0.497 e. The van der Waals surface area contributed by atoms with Gasteiger partial charge in [-0.15, -0.1) is 0 Å². The summed E-state index contributed by atoms with van der Waals surface area (Å²) in [6, 6.07) is 23.3. The van der Waals surface area contributed by atoms with Crippen molar-refractivity contribution in [2.75, 3.05) is 18.6 Å². The summed E-state index contributed by atoms with van der Waals surface area (Å²) < 4.78 is 16.1. The fourth-order valence-corrected chi connectivity index (χ4v) is 4.53. The fourth-order valence-electron chi connectivity index (χ4n) is 4.53. The highest BCUT2D eigenvalue weighted by molar-refractivity contribution is 6.35. The van der Waals surface area contributed by atoms with Crippen LogP contribution in [0.2, 0.25) is 0 Å². The Kier molecular flexibility index (Phi) is 5.49. The molecule has 0 fully saturated rings. The zero-order chi connectivity index (χ0) is 26.4. The van der Waals surface area contributed by atoms with Gasteiger partial charge in [-0.1, -0.05) is 18.2 Å². The van der Waals surface area contributed by atoms with Crippen LogP contribution in [0.3, 0.4) is 0 Å². The van der Waals surface area contributed by atoms with Crippen molar-refractivity contribution >= 4 is 51.2 Å². The summed E-state index contributed by atoms with van der Waals surface area (Å²) in [6.07, 6.45) is 0. The van der Waals surface area contributed by atoms with Gasteiger partial charge in [0.1, 0.15) is 16.9 Å². The van der Waals surface area contributed by atoms with Gasteiger partial charge in [-0.25, -0.2) is 9.69 Å². The summed E-state index contributed by atoms with van der Waals surface area (Å²) in [5, 5.41) is 1.81. The second kappa shape index (κ2) is 9.01. The van der Waals surface area contributed by atoms with E-state index in [4.69, 9.17) is 13.9 Å². The molecule has 2 heterocycles. The summed E-state index contributed by atoms with van der Waals surface area (Å²) >= 11 is 0. The molecule has 6 rings (SSSR count). The number of ketones is 1. The van der Waals surface area contributed by atoms with Gasteiger partial charge in [0.15, 0.2) is 12.4 Å². The number of methoxy groups -OCH3 is 1. The number of imide groups is 1. The highest BCUT2D eigenvalue weighted by Crippen LogP contribution is 2.34. The van der Waals surface area contributed by atoms with Crippen LogP contribution < -0.4 is 9.64 Å². The van der Waals surface area contributed by atoms with E-state index in [1.165, 1.54) is 25.3 Å². The standard InChI is InChI=1S/C30H19NO7/c1-36-20-10-6-17(7-11-20)25(32)16-37-30(35)18-8-12-23-24(14-18)29(34)31(28(23)33)19-9-13-22-21-4-2-3-5-26(21)38-27(22)15-19/h2-15H,16H2,1H3. The highest BCUT2D eigenvalue weighted by atomic mass is 16.5. The van der Waals surface area contributed by atoms with Crippen LogP contribution in [0.5, 0.6) is 5.75 Å². The van der Waals surface area contributed by atoms with Crippen molar-refractivity contribution < 1.29 is 33.1 Å². The number of anilines is 1. The van der Waals surface area contributed by atoms with Gasteiger partial charge in [0.2, 0.25) is 0 Å². The molecule has 0 saturated heterocycles. The lowest BCUT2D eigenvalue weighted by atomic mass is 10.1. The third-order valence-corrected chi connectivity index (χ3v) is 6.49. The molecule has 8 heteroatoms. The number of hydrogen-bond donors (Lipinski definition) is 0. The van der Waals surface area contributed by atoms with E-state index in [2.05, 4.69) is 0 Å². The van der Waals surface area contributed by atoms with Gasteiger partial charge in [-0.05, 0) is 60.7 Å². The predicted molar refractivity (Wildman–Crippen MR) is 139 cm³/mol. The first kappa shape index (κ1) is 23.2. The summed E-state index contributed by atoms with van der Waals surface area (Å²) in [5.74, 6) is -1.64. The summed E-state index contributed by atoms with van der Waals surface area (Å²) in [7, 11) is 1.52. The summed E-state index contributed by atoms with van der Waals surface area (Å²) in [4.78, 5) is 52.4. The molecule has 0 N–H and O–H groups in total. The Morgan fingerprint density at radius 1 is 0.763 bits per heavy atom. The third kappa shape index (κ3) is 3.79. The molecule has 2 amide bonds. The molecule has 0 atom stereocenters. The third-order valence-electron chi connectivity index (χ3n) is 6.49. The molecule has 1 aliphatic heterocycles. The van der Waals surface area contributed by atoms with E-state index in [1.807, 2.05) is 30.3 Å². The number of rotatable bonds is 6. The SMILES string of the molecule is COc1ccc(C(=O)COC(=O)c2ccc3c(c2)C(=O)N(c2ccc4c(c2)oc2ccccc24)C3=O)cc1. The van der Waals surface area contributed by atoms with Crippen LogP contribution in [-0.4, -0.2) is 37.3 Å². The van der Waals surface area contributed by atoms with Crippen molar-refractivity contribution in [3.05, 3.63) is 107 Å². The Balaban J connectivity index is 1.21. The minimum atomic E-state index is -0.781. The smallest absolute Gasteiger partial charge is 0.338 e. The second-order valence-corrected chi connectivity index (χ2v) is 8.71. The molecule has 0 spiro atoms. The highest BCUT2D eigenvalue weighted by Gasteiger charge is 2.37. The van der Waals surface area contributed by atoms with Gasteiger partial charge in [0, 0.05) is 22.4 Å². The predicted octanol–water partition coefficient (Wildman–Crippen LogP) is 5.43. The maximum Gasteiger partial charge on any atom is 0.338 e. The number of ether oxygens (including phenoxy) is 2. The number of fused-ring (bicyclic) bond motifs is 4. The molecule has 0 radical (unpaired) electrons. The Morgan fingerprint density at radius 2 is 1.47 bits per heavy atom. The number of amides is 2. The van der Waals surface area contributed by atoms with E-state index < -0.39 is 24.4 Å². The van der Waals surface area contributed by atoms with Crippen LogP contribution in [0.15, 0.2) is 89.3 Å². The lowest BCUT2D eigenvalue weighted by Gasteiger charge is -2.13. The number of nitrogens with zero attached hydrogens (tertiary/aromatic N) is 1. The van der Waals surface area contributed by atoms with Gasteiger partial charge < -0.3 is 13.9 Å². The average molecular weight is 505 g/mol. The van der Waals surface area contributed by atoms with Gasteiger partial charge in [-0.2, -0.15) is 0 Å². The van der Waals surface area contributed by atoms with Crippen molar-refractivity contribution in [1.82, 2.24) is 0 Å². The first-order valence-electron chi connectivity index (χ1n) is 11.7. The number of carbonyl (C=O) groups is 4. The molecule has 5 aromatic rings. The van der Waals surface area contributed by atoms with Crippen LogP contribution in [-0.2, 0) is 4.74 Å². The van der Waals surface area contributed by atoms with E-state index in [-0.39, 0.29) is 22.5 Å². The van der Waals surface area contributed by atoms with Crippen molar-refractivity contribution in [3.8, 4) is 5.75 Å². The lowest BCUT2D eigenvalue weighted by Crippen LogP contribution is -2.29. The monoisotopic (exact) mass is 505 g/mol. The molecule has 0 bridgehead atoms. The Labute approximate surface area is 216 Å². The van der Waals surface area contributed by atoms with E-state index in [0.29, 0.717) is 28.2 Å². The Hall–Kier alpha value is -5.24. The molecular formula is C30H19NO7. The maximum absolute atomic E-state index is 13.3. The molecule has 1 aromatic heterocycles. The maximum atomic E-state index is 13.3. The van der Waals surface area contributed by atoms with Crippen LogP contribution in [0.25, 0.3) is 21.9 Å². The molecule has 38 heavy (non-hydrogen) atoms. The zero-order valence-corrected chi connectivity index (χ0v) is 20.1. The number of esters is 1. The quantitative estimate of drug-likeness (QED) is 0.172. The van der Waals surface area contributed by atoms with Gasteiger partial charge in [0.05, 0.1) is 29.5 Å². The number of furan rings is 1. The van der Waals surface area contributed by atoms with Crippen molar-refractivity contribution in [1.29, 1.82) is 0 Å². The van der Waals surface area contributed by atoms with E-state index in [1.54, 1.807) is 36.4 Å². The molecule has 0 aliphatic carbocycles. The molecule has 0 saturated carbocycles. The minimum absolute atomic E-state index is 0.0574.